The van der Waals surface area contributed by atoms with E-state index in [1.807, 2.05) is 124 Å². The number of aryl methyl sites for hydroxylation is 1. The van der Waals surface area contributed by atoms with E-state index in [-0.39, 0.29) is 66.0 Å². The smallest absolute Gasteiger partial charge is 0.293 e. The molecule has 102 heavy (non-hydrogen) atoms. The van der Waals surface area contributed by atoms with Gasteiger partial charge >= 0.3 is 0 Å². The molecular weight excluding hydrogens is 1370 g/mol. The largest absolute Gasteiger partial charge is 0.396 e. The lowest BCUT2D eigenvalue weighted by atomic mass is 9.71. The molecule has 25 heteroatoms. The number of thioether (sulfide) groups is 1. The number of nitro groups is 1. The Bertz CT molecular complexity index is 3980. The molecule has 1 aliphatic carbocycles. The van der Waals surface area contributed by atoms with Gasteiger partial charge in [-0.25, -0.2) is 18.1 Å². The summed E-state index contributed by atoms with van der Waals surface area (Å²) in [6.45, 7) is 20.9. The number of aromatic nitrogens is 1. The van der Waals surface area contributed by atoms with Crippen LogP contribution in [-0.2, 0) is 24.4 Å². The number of amides is 4. The number of nitro benzene ring substituents is 1. The molecule has 4 amide bonds. The highest BCUT2D eigenvalue weighted by Gasteiger charge is 2.44. The van der Waals surface area contributed by atoms with E-state index in [9.17, 15) is 47.9 Å². The number of benzene rings is 5. The monoisotopic (exact) mass is 1470 g/mol. The molecule has 4 heterocycles. The number of unbranched alkanes of at least 4 members (excludes halogenated alkanes) is 4. The van der Waals surface area contributed by atoms with Crippen molar-refractivity contribution in [3.63, 3.8) is 0 Å². The van der Waals surface area contributed by atoms with Crippen LogP contribution in [-0.4, -0.2) is 187 Å². The highest BCUT2D eigenvalue weighted by molar-refractivity contribution is 7.99. The fourth-order valence-corrected chi connectivity index (χ4v) is 17.4. The van der Waals surface area contributed by atoms with Crippen molar-refractivity contribution in [3.05, 3.63) is 170 Å². The van der Waals surface area contributed by atoms with Crippen molar-refractivity contribution in [3.8, 4) is 10.4 Å². The second-order valence-corrected chi connectivity index (χ2v) is 33.2. The number of halogens is 1. The van der Waals surface area contributed by atoms with Gasteiger partial charge in [0.05, 0.1) is 44.1 Å². The highest BCUT2D eigenvalue weighted by atomic mass is 35.5. The summed E-state index contributed by atoms with van der Waals surface area (Å²) in [4.78, 5) is 83.7. The van der Waals surface area contributed by atoms with E-state index in [2.05, 4.69) is 59.4 Å². The van der Waals surface area contributed by atoms with Crippen molar-refractivity contribution in [1.82, 2.24) is 39.9 Å². The van der Waals surface area contributed by atoms with E-state index < -0.39 is 55.0 Å². The Morgan fingerprint density at radius 3 is 2.20 bits per heavy atom. The van der Waals surface area contributed by atoms with E-state index in [0.29, 0.717) is 43.3 Å². The Labute approximate surface area is 614 Å². The number of nitrogens with one attached hydrogen (secondary N) is 4. The number of allylic oxidation sites excluding steroid dienone is 1. The van der Waals surface area contributed by atoms with Gasteiger partial charge in [0, 0.05) is 130 Å². The van der Waals surface area contributed by atoms with Gasteiger partial charge in [-0.3, -0.25) is 39.1 Å². The Balaban J connectivity index is 0.639. The first kappa shape index (κ1) is 77.4. The second kappa shape index (κ2) is 35.5. The Hall–Kier alpha value is -7.26. The first-order valence-electron chi connectivity index (χ1n) is 35.8. The molecule has 6 atom stereocenters. The third-order valence-electron chi connectivity index (χ3n) is 20.3. The van der Waals surface area contributed by atoms with Gasteiger partial charge < -0.3 is 40.9 Å². The normalized spacial score (nSPS) is 19.5. The third-order valence-corrected chi connectivity index (χ3v) is 24.0. The molecule has 4 aliphatic rings. The zero-order chi connectivity index (χ0) is 72.7. The van der Waals surface area contributed by atoms with Gasteiger partial charge in [0.15, 0.2) is 0 Å². The maximum absolute atomic E-state index is 14.3. The molecule has 5 aromatic carbocycles. The number of carbonyl (C=O) groups excluding carboxylic acids is 4. The van der Waals surface area contributed by atoms with Gasteiger partial charge in [-0.15, -0.1) is 23.1 Å². The maximum Gasteiger partial charge on any atom is 0.293 e. The van der Waals surface area contributed by atoms with E-state index in [4.69, 9.17) is 11.6 Å². The minimum Gasteiger partial charge on any atom is -0.396 e. The molecular formula is C77H100ClN11O10S3. The number of likely N-dealkylation sites (tertiary alicyclic amines) is 1. The predicted octanol–water partition coefficient (Wildman–Crippen LogP) is 11.8. The average molecular weight is 1470 g/mol. The maximum atomic E-state index is 14.3. The minimum absolute atomic E-state index is 0.0354. The molecule has 21 nitrogen and oxygen atoms in total. The van der Waals surface area contributed by atoms with Crippen LogP contribution >= 0.6 is 34.7 Å². The summed E-state index contributed by atoms with van der Waals surface area (Å²) in [5, 5.41) is 43.2. The van der Waals surface area contributed by atoms with Gasteiger partial charge in [-0.05, 0) is 153 Å². The van der Waals surface area contributed by atoms with Crippen molar-refractivity contribution in [2.24, 2.45) is 10.8 Å². The van der Waals surface area contributed by atoms with E-state index in [0.717, 1.165) is 142 Å². The molecule has 3 aliphatic heterocycles. The summed E-state index contributed by atoms with van der Waals surface area (Å²) < 4.78 is 29.2. The summed E-state index contributed by atoms with van der Waals surface area (Å²) in [7, 11) is -4.51. The molecule has 0 spiro atoms. The van der Waals surface area contributed by atoms with Gasteiger partial charge in [0.2, 0.25) is 17.7 Å². The van der Waals surface area contributed by atoms with Gasteiger partial charge in [0.25, 0.3) is 21.6 Å². The SMILES string of the molecule is Cc1ncsc1-c1ccc([C@H](C)NC(=O)[C@@H]2C[C@@H](O)CN2C(=O)[C@@H](NCCCCCCCC(=O)N2CCN(CC3(C)CCC(c4ccc(Cl)cc4)=C(CN4CCN(c5ccc(C(=O)NS(=O)(=O)c6ccc(N[C@H](CCO)CSc7ccccc7)c([N+](=O)[O-])c6)cc5)CC4)C3)CC2)C(C)(C)C)cc1. The van der Waals surface area contributed by atoms with E-state index in [1.54, 1.807) is 28.4 Å². The number of hydrogen-bond donors (Lipinski definition) is 6. The molecule has 0 saturated carbocycles. The first-order valence-corrected chi connectivity index (χ1v) is 39.5. The first-order chi connectivity index (χ1) is 48.8. The van der Waals surface area contributed by atoms with Crippen LogP contribution < -0.4 is 25.6 Å². The topological polar surface area (TPSA) is 263 Å². The van der Waals surface area contributed by atoms with E-state index >= 15 is 0 Å². The van der Waals surface area contributed by atoms with E-state index in [1.165, 1.54) is 40.6 Å². The standard InChI is InChI=1S/C77H100ClN11O10S3/c1-53(55-18-20-57(21-19-55)71-54(2)80-52-101-71)81-74(94)69-45-63(91)49-88(69)75(95)72(76(3,4)5)79-35-14-9-7-8-13-17-70(92)87-42-38-85(39-43-87)51-77(6)34-32-66(56-22-26-60(78)27-23-56)59(47-77)48-84-36-40-86(41-37-84)62-28-24-58(25-29-62)73(93)83-102(98,99)65-30-31-67(68(46-65)89(96)97)82-61(33-44-90)50-100-64-15-11-10-12-16-64/h10-12,15-16,18-31,46,52-53,61,63,69,72,79,82,90-91H,7-9,13-14,17,32-45,47-51H2,1-6H3,(H,81,94)(H,83,93)/t53-,61+,63+,69-,72+,77?/m0/s1. The number of piperazine rings is 2. The Morgan fingerprint density at radius 2 is 1.53 bits per heavy atom. The van der Waals surface area contributed by atoms with Crippen LogP contribution in [0.5, 0.6) is 0 Å². The summed E-state index contributed by atoms with van der Waals surface area (Å²) in [6.07, 6.45) is 7.75. The van der Waals surface area contributed by atoms with Crippen LogP contribution in [0.4, 0.5) is 17.1 Å². The van der Waals surface area contributed by atoms with Crippen molar-refractivity contribution < 1.29 is 42.7 Å². The molecule has 1 aromatic heterocycles. The average Bonchev–Trinajstić information content (AvgIpc) is 1.38. The van der Waals surface area contributed by atoms with Crippen molar-refractivity contribution >= 4 is 91.0 Å². The summed E-state index contributed by atoms with van der Waals surface area (Å²) in [5.74, 6) is -0.618. The van der Waals surface area contributed by atoms with Crippen molar-refractivity contribution in [2.45, 2.75) is 152 Å². The molecule has 3 fully saturated rings. The molecule has 10 rings (SSSR count). The van der Waals surface area contributed by atoms with Crippen LogP contribution in [0.1, 0.15) is 138 Å². The summed E-state index contributed by atoms with van der Waals surface area (Å²) in [6, 6.07) is 34.1. The fraction of sp³-hybridized carbons (Fsp3) is 0.494. The zero-order valence-electron chi connectivity index (χ0n) is 59.6. The van der Waals surface area contributed by atoms with Crippen molar-refractivity contribution in [2.75, 3.05) is 101 Å². The predicted molar refractivity (Wildman–Crippen MR) is 406 cm³/mol. The second-order valence-electron chi connectivity index (χ2n) is 29.2. The molecule has 0 radical (unpaired) electrons. The zero-order valence-corrected chi connectivity index (χ0v) is 62.8. The Morgan fingerprint density at radius 1 is 0.853 bits per heavy atom. The number of nitrogens with zero attached hydrogens (tertiary/aromatic N) is 7. The molecule has 6 N–H and O–H groups in total. The number of aliphatic hydroxyl groups excluding tert-OH is 2. The lowest BCUT2D eigenvalue weighted by Gasteiger charge is -2.44. The minimum atomic E-state index is -4.51. The van der Waals surface area contributed by atoms with Gasteiger partial charge in [-0.1, -0.05) is 119 Å². The lowest BCUT2D eigenvalue weighted by molar-refractivity contribution is -0.384. The highest BCUT2D eigenvalue weighted by Crippen LogP contribution is 2.44. The molecule has 3 saturated heterocycles. The quantitative estimate of drug-likeness (QED) is 0.0102. The number of thiazole rings is 1. The molecule has 1 unspecified atom stereocenters. The van der Waals surface area contributed by atoms with Crippen LogP contribution in [0.2, 0.25) is 5.02 Å². The van der Waals surface area contributed by atoms with Gasteiger partial charge in [-0.2, -0.15) is 0 Å². The van der Waals surface area contributed by atoms with Crippen LogP contribution in [0.3, 0.4) is 0 Å². The van der Waals surface area contributed by atoms with Gasteiger partial charge in [0.1, 0.15) is 11.7 Å². The number of anilines is 2. The number of β-amino-alcohol motifs (C(OH)–C–C–N with tert-alkyl or cyclic N) is 1. The number of rotatable bonds is 31. The molecule has 548 valence electrons. The summed E-state index contributed by atoms with van der Waals surface area (Å²) in [5.41, 5.74) is 9.07. The van der Waals surface area contributed by atoms with Crippen molar-refractivity contribution in [1.29, 1.82) is 0 Å². The molecule has 6 aromatic rings. The number of aliphatic hydroxyl groups is 2. The third kappa shape index (κ3) is 20.8. The van der Waals surface area contributed by atoms with Crippen LogP contribution in [0, 0.1) is 27.9 Å². The fourth-order valence-electron chi connectivity index (χ4n) is 14.5. The number of hydrogen-bond acceptors (Lipinski definition) is 18. The van der Waals surface area contributed by atoms with Crippen LogP contribution in [0.15, 0.2) is 142 Å². The molecule has 0 bridgehead atoms. The Kier molecular flexibility index (Phi) is 26.9. The van der Waals surface area contributed by atoms with Crippen LogP contribution in [0.25, 0.3) is 16.0 Å². The summed E-state index contributed by atoms with van der Waals surface area (Å²) >= 11 is 9.52. The lowest BCUT2D eigenvalue weighted by Crippen LogP contribution is -2.56. The number of sulfonamides is 1. The number of carbonyl (C=O) groups is 4.